The first-order valence-corrected chi connectivity index (χ1v) is 8.41. The number of thioether (sulfide) groups is 1. The summed E-state index contributed by atoms with van der Waals surface area (Å²) in [7, 11) is 0. The minimum Gasteiger partial charge on any atom is -0.394 e. The first-order valence-electron chi connectivity index (χ1n) is 7.18. The van der Waals surface area contributed by atoms with Crippen LogP contribution in [0, 0.1) is 6.92 Å². The Hall–Kier alpha value is -1.00. The maximum absolute atomic E-state index is 12.5. The predicted octanol–water partition coefficient (Wildman–Crippen LogP) is 3.14. The summed E-state index contributed by atoms with van der Waals surface area (Å²) in [6.45, 7) is 1.98. The molecule has 2 rings (SSSR count). The summed E-state index contributed by atoms with van der Waals surface area (Å²) in [6, 6.07) is 5.94. The lowest BCUT2D eigenvalue weighted by molar-refractivity contribution is 0.0758. The van der Waals surface area contributed by atoms with E-state index in [-0.39, 0.29) is 12.5 Å². The van der Waals surface area contributed by atoms with E-state index in [0.717, 1.165) is 41.7 Å². The van der Waals surface area contributed by atoms with Gasteiger partial charge in [0, 0.05) is 10.5 Å². The zero-order valence-corrected chi connectivity index (χ0v) is 13.1. The Morgan fingerprint density at radius 3 is 2.65 bits per heavy atom. The topological polar surface area (TPSA) is 49.3 Å². The van der Waals surface area contributed by atoms with Gasteiger partial charge in [-0.3, -0.25) is 4.79 Å². The van der Waals surface area contributed by atoms with Crippen LogP contribution in [0.5, 0.6) is 0 Å². The van der Waals surface area contributed by atoms with Gasteiger partial charge in [0.05, 0.1) is 12.1 Å². The molecule has 2 N–H and O–H groups in total. The first-order chi connectivity index (χ1) is 9.60. The summed E-state index contributed by atoms with van der Waals surface area (Å²) >= 11 is 1.63. The monoisotopic (exact) mass is 293 g/mol. The van der Waals surface area contributed by atoms with E-state index in [1.54, 1.807) is 11.8 Å². The first kappa shape index (κ1) is 15.4. The standard InChI is InChI=1S/C16H23NO2S/c1-12-6-7-13(20-2)10-14(12)15(19)17-16(11-18)8-4-3-5-9-16/h6-7,10,18H,3-5,8-9,11H2,1-2H3,(H,17,19). The third-order valence-corrected chi connectivity index (χ3v) is 4.91. The highest BCUT2D eigenvalue weighted by molar-refractivity contribution is 7.98. The van der Waals surface area contributed by atoms with Gasteiger partial charge in [-0.15, -0.1) is 11.8 Å². The van der Waals surface area contributed by atoms with E-state index < -0.39 is 5.54 Å². The van der Waals surface area contributed by atoms with Crippen LogP contribution >= 0.6 is 11.8 Å². The van der Waals surface area contributed by atoms with Crippen LogP contribution in [0.3, 0.4) is 0 Å². The van der Waals surface area contributed by atoms with Crippen molar-refractivity contribution in [2.24, 2.45) is 0 Å². The summed E-state index contributed by atoms with van der Waals surface area (Å²) in [6.07, 6.45) is 7.09. The summed E-state index contributed by atoms with van der Waals surface area (Å²) in [5, 5.41) is 12.8. The van der Waals surface area contributed by atoms with Crippen LogP contribution in [0.4, 0.5) is 0 Å². The molecule has 0 heterocycles. The molecule has 0 saturated heterocycles. The fourth-order valence-electron chi connectivity index (χ4n) is 2.83. The molecule has 1 aliphatic rings. The maximum atomic E-state index is 12.5. The van der Waals surface area contributed by atoms with Crippen molar-refractivity contribution >= 4 is 17.7 Å². The Morgan fingerprint density at radius 1 is 1.35 bits per heavy atom. The third kappa shape index (κ3) is 3.36. The molecule has 0 aliphatic heterocycles. The molecule has 0 radical (unpaired) electrons. The molecule has 1 aromatic carbocycles. The SMILES string of the molecule is CSc1ccc(C)c(C(=O)NC2(CO)CCCCC2)c1. The highest BCUT2D eigenvalue weighted by Crippen LogP contribution is 2.28. The molecule has 20 heavy (non-hydrogen) atoms. The number of hydrogen-bond acceptors (Lipinski definition) is 3. The molecule has 4 heteroatoms. The summed E-state index contributed by atoms with van der Waals surface area (Å²) in [5.41, 5.74) is 1.27. The zero-order valence-electron chi connectivity index (χ0n) is 12.2. The lowest BCUT2D eigenvalue weighted by Gasteiger charge is -2.36. The highest BCUT2D eigenvalue weighted by Gasteiger charge is 2.33. The number of hydrogen-bond donors (Lipinski definition) is 2. The normalized spacial score (nSPS) is 17.8. The Bertz CT molecular complexity index is 481. The van der Waals surface area contributed by atoms with Crippen LogP contribution in [0.25, 0.3) is 0 Å². The van der Waals surface area contributed by atoms with Crippen LogP contribution in [0.1, 0.15) is 48.0 Å². The van der Waals surface area contributed by atoms with E-state index in [4.69, 9.17) is 0 Å². The van der Waals surface area contributed by atoms with Crippen LogP contribution in [-0.2, 0) is 0 Å². The van der Waals surface area contributed by atoms with Crippen LogP contribution in [-0.4, -0.2) is 29.4 Å². The molecule has 1 aromatic rings. The minimum absolute atomic E-state index is 0.0278. The molecule has 0 unspecified atom stereocenters. The number of aliphatic hydroxyl groups excluding tert-OH is 1. The van der Waals surface area contributed by atoms with Crippen molar-refractivity contribution in [3.63, 3.8) is 0 Å². The van der Waals surface area contributed by atoms with Gasteiger partial charge in [-0.2, -0.15) is 0 Å². The van der Waals surface area contributed by atoms with Gasteiger partial charge in [0.2, 0.25) is 0 Å². The molecule has 1 amide bonds. The van der Waals surface area contributed by atoms with Crippen LogP contribution < -0.4 is 5.32 Å². The number of carbonyl (C=O) groups is 1. The molecule has 110 valence electrons. The zero-order chi connectivity index (χ0) is 14.6. The Kier molecular flexibility index (Phi) is 5.11. The lowest BCUT2D eigenvalue weighted by atomic mass is 9.82. The van der Waals surface area contributed by atoms with E-state index in [9.17, 15) is 9.90 Å². The number of carbonyl (C=O) groups excluding carboxylic acids is 1. The molecule has 0 bridgehead atoms. The second-order valence-corrected chi connectivity index (χ2v) is 6.51. The average molecular weight is 293 g/mol. The van der Waals surface area contributed by atoms with Crippen molar-refractivity contribution in [1.82, 2.24) is 5.32 Å². The lowest BCUT2D eigenvalue weighted by Crippen LogP contribution is -2.52. The average Bonchev–Trinajstić information content (AvgIpc) is 2.48. The molecule has 1 saturated carbocycles. The summed E-state index contributed by atoms with van der Waals surface area (Å²) < 4.78 is 0. The quantitative estimate of drug-likeness (QED) is 0.839. The molecule has 1 fully saturated rings. The molecule has 0 aromatic heterocycles. The van der Waals surface area contributed by atoms with Gasteiger partial charge in [0.1, 0.15) is 0 Å². The van der Waals surface area contributed by atoms with E-state index in [1.165, 1.54) is 6.42 Å². The van der Waals surface area contributed by atoms with Crippen molar-refractivity contribution in [2.75, 3.05) is 12.9 Å². The van der Waals surface area contributed by atoms with Crippen molar-refractivity contribution in [2.45, 2.75) is 49.5 Å². The van der Waals surface area contributed by atoms with E-state index in [0.29, 0.717) is 0 Å². The van der Waals surface area contributed by atoms with Crippen molar-refractivity contribution < 1.29 is 9.90 Å². The molecular formula is C16H23NO2S. The van der Waals surface area contributed by atoms with Crippen LogP contribution in [0.15, 0.2) is 23.1 Å². The van der Waals surface area contributed by atoms with E-state index in [1.807, 2.05) is 31.4 Å². The van der Waals surface area contributed by atoms with Gasteiger partial charge >= 0.3 is 0 Å². The van der Waals surface area contributed by atoms with Gasteiger partial charge < -0.3 is 10.4 Å². The molecule has 0 spiro atoms. The van der Waals surface area contributed by atoms with Crippen LogP contribution in [0.2, 0.25) is 0 Å². The molecule has 0 atom stereocenters. The van der Waals surface area contributed by atoms with Gasteiger partial charge in [-0.05, 0) is 43.7 Å². The van der Waals surface area contributed by atoms with Gasteiger partial charge in [0.25, 0.3) is 5.91 Å². The van der Waals surface area contributed by atoms with Crippen molar-refractivity contribution in [1.29, 1.82) is 0 Å². The summed E-state index contributed by atoms with van der Waals surface area (Å²) in [4.78, 5) is 13.6. The van der Waals surface area contributed by atoms with E-state index in [2.05, 4.69) is 5.32 Å². The van der Waals surface area contributed by atoms with Crippen molar-refractivity contribution in [3.8, 4) is 0 Å². The van der Waals surface area contributed by atoms with Gasteiger partial charge in [-0.25, -0.2) is 0 Å². The van der Waals surface area contributed by atoms with Gasteiger partial charge in [-0.1, -0.05) is 25.3 Å². The predicted molar refractivity (Wildman–Crippen MR) is 83.3 cm³/mol. The number of rotatable bonds is 4. The minimum atomic E-state index is -0.420. The van der Waals surface area contributed by atoms with Gasteiger partial charge in [0.15, 0.2) is 0 Å². The smallest absolute Gasteiger partial charge is 0.252 e. The maximum Gasteiger partial charge on any atom is 0.252 e. The van der Waals surface area contributed by atoms with Crippen molar-refractivity contribution in [3.05, 3.63) is 29.3 Å². The number of amides is 1. The third-order valence-electron chi connectivity index (χ3n) is 4.18. The summed E-state index contributed by atoms with van der Waals surface area (Å²) in [5.74, 6) is -0.0608. The number of nitrogens with one attached hydrogen (secondary N) is 1. The highest BCUT2D eigenvalue weighted by atomic mass is 32.2. The second kappa shape index (κ2) is 6.64. The molecular weight excluding hydrogens is 270 g/mol. The Balaban J connectivity index is 2.18. The fourth-order valence-corrected chi connectivity index (χ4v) is 3.27. The second-order valence-electron chi connectivity index (χ2n) is 5.63. The number of aryl methyl sites for hydroxylation is 1. The number of benzene rings is 1. The molecule has 3 nitrogen and oxygen atoms in total. The Labute approximate surface area is 125 Å². The fraction of sp³-hybridized carbons (Fsp3) is 0.562. The Morgan fingerprint density at radius 2 is 2.05 bits per heavy atom. The largest absolute Gasteiger partial charge is 0.394 e. The number of aliphatic hydroxyl groups is 1. The van der Waals surface area contributed by atoms with E-state index >= 15 is 0 Å². The molecule has 1 aliphatic carbocycles.